The van der Waals surface area contributed by atoms with Gasteiger partial charge in [-0.1, -0.05) is 13.8 Å². The quantitative estimate of drug-likeness (QED) is 0.864. The zero-order chi connectivity index (χ0) is 16.3. The molecule has 0 saturated heterocycles. The molecule has 0 aliphatic carbocycles. The van der Waals surface area contributed by atoms with Crippen molar-refractivity contribution in [1.29, 1.82) is 0 Å². The number of amides is 1. The molecule has 1 aromatic carbocycles. The minimum Gasteiger partial charge on any atom is -0.338 e. The van der Waals surface area contributed by atoms with Gasteiger partial charge in [0.15, 0.2) is 9.84 Å². The van der Waals surface area contributed by atoms with E-state index in [9.17, 15) is 13.2 Å². The number of hydrogen-bond donors (Lipinski definition) is 1. The lowest BCUT2D eigenvalue weighted by Crippen LogP contribution is -2.41. The monoisotopic (exact) mass is 312 g/mol. The predicted molar refractivity (Wildman–Crippen MR) is 84.0 cm³/mol. The van der Waals surface area contributed by atoms with Crippen molar-refractivity contribution in [1.82, 2.24) is 4.90 Å². The summed E-state index contributed by atoms with van der Waals surface area (Å²) in [4.78, 5) is 14.4. The average molecular weight is 312 g/mol. The molecule has 1 rings (SSSR count). The molecule has 0 atom stereocenters. The van der Waals surface area contributed by atoms with Gasteiger partial charge in [-0.25, -0.2) is 8.42 Å². The van der Waals surface area contributed by atoms with Gasteiger partial charge in [0.05, 0.1) is 4.90 Å². The normalized spacial score (nSPS) is 12.2. The highest BCUT2D eigenvalue weighted by atomic mass is 32.2. The third-order valence-electron chi connectivity index (χ3n) is 3.37. The van der Waals surface area contributed by atoms with E-state index in [-0.39, 0.29) is 16.2 Å². The summed E-state index contributed by atoms with van der Waals surface area (Å²) in [6.07, 6.45) is 1.14. The number of sulfone groups is 1. The Labute approximate surface area is 127 Å². The molecule has 0 aromatic heterocycles. The second kappa shape index (κ2) is 6.58. The fraction of sp³-hybridized carbons (Fsp3) is 0.533. The molecule has 0 spiro atoms. The second-order valence-electron chi connectivity index (χ2n) is 5.98. The summed E-state index contributed by atoms with van der Waals surface area (Å²) < 4.78 is 22.8. The Balaban J connectivity index is 2.96. The maximum Gasteiger partial charge on any atom is 0.253 e. The molecule has 1 aromatic rings. The van der Waals surface area contributed by atoms with Gasteiger partial charge in [-0.2, -0.15) is 0 Å². The fourth-order valence-electron chi connectivity index (χ4n) is 1.94. The van der Waals surface area contributed by atoms with Crippen molar-refractivity contribution in [2.24, 2.45) is 11.1 Å². The molecule has 2 N–H and O–H groups in total. The Bertz CT molecular complexity index is 592. The van der Waals surface area contributed by atoms with Crippen LogP contribution in [0.1, 0.15) is 31.1 Å². The van der Waals surface area contributed by atoms with Gasteiger partial charge in [-0.05, 0) is 43.1 Å². The zero-order valence-corrected chi connectivity index (χ0v) is 13.9. The van der Waals surface area contributed by atoms with E-state index in [2.05, 4.69) is 0 Å². The molecule has 0 aliphatic heterocycles. The average Bonchev–Trinajstić information content (AvgIpc) is 2.43. The predicted octanol–water partition coefficient (Wildman–Crippen LogP) is 1.54. The number of hydrogen-bond acceptors (Lipinski definition) is 4. The Morgan fingerprint density at radius 2 is 1.76 bits per heavy atom. The van der Waals surface area contributed by atoms with Crippen LogP contribution in [0.25, 0.3) is 0 Å². The number of nitrogens with two attached hydrogens (primary N) is 1. The standard InChI is InChI=1S/C15H24N2O3S/c1-5-17(11-15(2,3)10-16)14(18)12-6-8-13(9-7-12)21(4,19)20/h6-9H,5,10-11,16H2,1-4H3. The summed E-state index contributed by atoms with van der Waals surface area (Å²) in [6.45, 7) is 7.56. The van der Waals surface area contributed by atoms with Gasteiger partial charge >= 0.3 is 0 Å². The molecule has 0 fully saturated rings. The van der Waals surface area contributed by atoms with Crippen LogP contribution in [0.3, 0.4) is 0 Å². The van der Waals surface area contributed by atoms with E-state index in [4.69, 9.17) is 5.73 Å². The van der Waals surface area contributed by atoms with Crippen LogP contribution < -0.4 is 5.73 Å². The molecule has 5 nitrogen and oxygen atoms in total. The van der Waals surface area contributed by atoms with Gasteiger partial charge in [-0.15, -0.1) is 0 Å². The zero-order valence-electron chi connectivity index (χ0n) is 13.1. The molecule has 118 valence electrons. The molecule has 0 unspecified atom stereocenters. The first kappa shape index (κ1) is 17.7. The van der Waals surface area contributed by atoms with Gasteiger partial charge in [0.1, 0.15) is 0 Å². The molecule has 1 amide bonds. The molecule has 0 saturated carbocycles. The Morgan fingerprint density at radius 3 is 2.14 bits per heavy atom. The molecule has 6 heteroatoms. The van der Waals surface area contributed by atoms with Gasteiger partial charge < -0.3 is 10.6 Å². The minimum atomic E-state index is -3.25. The van der Waals surface area contributed by atoms with E-state index in [1.54, 1.807) is 17.0 Å². The SMILES string of the molecule is CCN(CC(C)(C)CN)C(=O)c1ccc(S(C)(=O)=O)cc1. The number of nitrogens with zero attached hydrogens (tertiary/aromatic N) is 1. The van der Waals surface area contributed by atoms with Crippen molar-refractivity contribution in [2.45, 2.75) is 25.7 Å². The first-order valence-corrected chi connectivity index (χ1v) is 8.79. The lowest BCUT2D eigenvalue weighted by atomic mass is 9.93. The molecule has 0 radical (unpaired) electrons. The molecule has 0 bridgehead atoms. The van der Waals surface area contributed by atoms with Crippen LogP contribution in [-0.2, 0) is 9.84 Å². The van der Waals surface area contributed by atoms with Crippen LogP contribution in [-0.4, -0.2) is 45.1 Å². The summed E-state index contributed by atoms with van der Waals surface area (Å²) in [5.41, 5.74) is 6.04. The van der Waals surface area contributed by atoms with E-state index < -0.39 is 9.84 Å². The highest BCUT2D eigenvalue weighted by molar-refractivity contribution is 7.90. The van der Waals surface area contributed by atoms with Crippen molar-refractivity contribution in [3.05, 3.63) is 29.8 Å². The smallest absolute Gasteiger partial charge is 0.253 e. The first-order valence-electron chi connectivity index (χ1n) is 6.90. The summed E-state index contributed by atoms with van der Waals surface area (Å²) in [5.74, 6) is -0.112. The first-order chi connectivity index (χ1) is 9.60. The molecular formula is C15H24N2O3S. The lowest BCUT2D eigenvalue weighted by Gasteiger charge is -2.31. The topological polar surface area (TPSA) is 80.5 Å². The van der Waals surface area contributed by atoms with Crippen LogP contribution in [0.15, 0.2) is 29.2 Å². The van der Waals surface area contributed by atoms with Crippen LogP contribution in [0.5, 0.6) is 0 Å². The lowest BCUT2D eigenvalue weighted by molar-refractivity contribution is 0.0700. The summed E-state index contributed by atoms with van der Waals surface area (Å²) in [6, 6.07) is 6.03. The van der Waals surface area contributed by atoms with Crippen LogP contribution >= 0.6 is 0 Å². The highest BCUT2D eigenvalue weighted by Gasteiger charge is 2.23. The summed E-state index contributed by atoms with van der Waals surface area (Å²) in [7, 11) is -3.25. The van der Waals surface area contributed by atoms with Crippen molar-refractivity contribution in [3.8, 4) is 0 Å². The van der Waals surface area contributed by atoms with Crippen LogP contribution in [0, 0.1) is 5.41 Å². The molecular weight excluding hydrogens is 288 g/mol. The van der Waals surface area contributed by atoms with E-state index in [0.29, 0.717) is 25.2 Å². The van der Waals surface area contributed by atoms with E-state index in [0.717, 1.165) is 6.26 Å². The van der Waals surface area contributed by atoms with E-state index in [1.165, 1.54) is 12.1 Å². The summed E-state index contributed by atoms with van der Waals surface area (Å²) in [5, 5.41) is 0. The van der Waals surface area contributed by atoms with Gasteiger partial charge in [0, 0.05) is 24.9 Å². The number of carbonyl (C=O) groups is 1. The van der Waals surface area contributed by atoms with Crippen molar-refractivity contribution < 1.29 is 13.2 Å². The molecule has 0 aliphatic rings. The largest absolute Gasteiger partial charge is 0.338 e. The van der Waals surface area contributed by atoms with Gasteiger partial charge in [0.25, 0.3) is 5.91 Å². The maximum absolute atomic E-state index is 12.5. The number of benzene rings is 1. The fourth-order valence-corrected chi connectivity index (χ4v) is 2.57. The van der Waals surface area contributed by atoms with E-state index >= 15 is 0 Å². The van der Waals surface area contributed by atoms with Gasteiger partial charge in [-0.3, -0.25) is 4.79 Å². The molecule has 21 heavy (non-hydrogen) atoms. The Hall–Kier alpha value is -1.40. The van der Waals surface area contributed by atoms with E-state index in [1.807, 2.05) is 20.8 Å². The van der Waals surface area contributed by atoms with Gasteiger partial charge in [0.2, 0.25) is 0 Å². The van der Waals surface area contributed by atoms with Crippen LogP contribution in [0.2, 0.25) is 0 Å². The maximum atomic E-state index is 12.5. The van der Waals surface area contributed by atoms with Crippen molar-refractivity contribution >= 4 is 15.7 Å². The Morgan fingerprint density at radius 1 is 1.24 bits per heavy atom. The highest BCUT2D eigenvalue weighted by Crippen LogP contribution is 2.18. The molecule has 0 heterocycles. The number of carbonyl (C=O) groups excluding carboxylic acids is 1. The Kier molecular flexibility index (Phi) is 5.53. The van der Waals surface area contributed by atoms with Crippen molar-refractivity contribution in [2.75, 3.05) is 25.9 Å². The minimum absolute atomic E-state index is 0.112. The third kappa shape index (κ3) is 4.82. The summed E-state index contributed by atoms with van der Waals surface area (Å²) >= 11 is 0. The third-order valence-corrected chi connectivity index (χ3v) is 4.50. The van der Waals surface area contributed by atoms with Crippen molar-refractivity contribution in [3.63, 3.8) is 0 Å². The van der Waals surface area contributed by atoms with Crippen LogP contribution in [0.4, 0.5) is 0 Å². The number of rotatable bonds is 6. The second-order valence-corrected chi connectivity index (χ2v) is 8.00.